The van der Waals surface area contributed by atoms with Gasteiger partial charge in [-0.05, 0) is 50.8 Å². The van der Waals surface area contributed by atoms with Crippen molar-refractivity contribution in [3.8, 4) is 0 Å². The van der Waals surface area contributed by atoms with E-state index in [-0.39, 0.29) is 0 Å². The van der Waals surface area contributed by atoms with Crippen LogP contribution < -0.4 is 10.6 Å². The van der Waals surface area contributed by atoms with Gasteiger partial charge in [-0.2, -0.15) is 0 Å². The van der Waals surface area contributed by atoms with Crippen LogP contribution in [0.2, 0.25) is 0 Å². The van der Waals surface area contributed by atoms with E-state index in [1.165, 1.54) is 16.8 Å². The van der Waals surface area contributed by atoms with Crippen molar-refractivity contribution in [2.45, 2.75) is 33.1 Å². The Morgan fingerprint density at radius 2 is 2.04 bits per heavy atom. The van der Waals surface area contributed by atoms with E-state index in [0.29, 0.717) is 11.9 Å². The van der Waals surface area contributed by atoms with Gasteiger partial charge in [0.15, 0.2) is 0 Å². The summed E-state index contributed by atoms with van der Waals surface area (Å²) in [7, 11) is 0. The molecule has 2 heterocycles. The van der Waals surface area contributed by atoms with E-state index in [4.69, 9.17) is 0 Å². The molecule has 23 heavy (non-hydrogen) atoms. The second-order valence-corrected chi connectivity index (χ2v) is 6.12. The van der Waals surface area contributed by atoms with Gasteiger partial charge in [-0.25, -0.2) is 15.0 Å². The molecular formula is C18H19N5. The van der Waals surface area contributed by atoms with Gasteiger partial charge in [0.25, 0.3) is 0 Å². The lowest BCUT2D eigenvalue weighted by Crippen LogP contribution is -2.33. The fraction of sp³-hybridized carbons (Fsp3) is 0.278. The van der Waals surface area contributed by atoms with Gasteiger partial charge in [0.05, 0.1) is 16.9 Å². The minimum absolute atomic E-state index is 0.556. The molecule has 0 atom stereocenters. The zero-order valence-corrected chi connectivity index (χ0v) is 13.4. The summed E-state index contributed by atoms with van der Waals surface area (Å²) in [4.78, 5) is 13.7. The Morgan fingerprint density at radius 3 is 2.91 bits per heavy atom. The van der Waals surface area contributed by atoms with Crippen LogP contribution in [-0.4, -0.2) is 15.9 Å². The molecule has 0 amide bonds. The standard InChI is InChI=1S/C18H19N5/c1-10-7-8-16-14(9-10)12(3)20-18(22-16)23-17-19-11(2)13-5-4-6-15(13)21-17/h7-9H,2,4-6H2,1,3H3,(H2,19,20,21,22,23). The molecule has 0 saturated heterocycles. The molecule has 0 spiro atoms. The van der Waals surface area contributed by atoms with Crippen LogP contribution in [0.3, 0.4) is 0 Å². The minimum Gasteiger partial charge on any atom is -0.329 e. The first-order valence-electron chi connectivity index (χ1n) is 7.89. The number of guanidine groups is 1. The van der Waals surface area contributed by atoms with E-state index in [1.807, 2.05) is 13.0 Å². The molecule has 5 nitrogen and oxygen atoms in total. The first-order valence-corrected chi connectivity index (χ1v) is 7.89. The van der Waals surface area contributed by atoms with E-state index in [0.717, 1.165) is 41.6 Å². The van der Waals surface area contributed by atoms with E-state index >= 15 is 0 Å². The fourth-order valence-corrected chi connectivity index (χ4v) is 3.19. The molecule has 0 unspecified atom stereocenters. The molecule has 4 rings (SSSR count). The van der Waals surface area contributed by atoms with Crippen LogP contribution in [0.15, 0.2) is 46.7 Å². The highest BCUT2D eigenvalue weighted by molar-refractivity contribution is 5.96. The molecule has 2 aliphatic rings. The summed E-state index contributed by atoms with van der Waals surface area (Å²) in [6.07, 6.45) is 3.26. The normalized spacial score (nSPS) is 17.1. The third-order valence-electron chi connectivity index (χ3n) is 4.35. The van der Waals surface area contributed by atoms with E-state index in [2.05, 4.69) is 51.2 Å². The highest BCUT2D eigenvalue weighted by atomic mass is 15.3. The molecule has 116 valence electrons. The van der Waals surface area contributed by atoms with E-state index in [1.54, 1.807) is 0 Å². The second kappa shape index (κ2) is 5.19. The van der Waals surface area contributed by atoms with Crippen molar-refractivity contribution in [1.29, 1.82) is 0 Å². The number of fused-ring (bicyclic) bond motifs is 1. The number of nitrogens with one attached hydrogen (secondary N) is 2. The molecule has 2 aromatic rings. The summed E-state index contributed by atoms with van der Waals surface area (Å²) in [5.41, 5.74) is 6.41. The predicted octanol–water partition coefficient (Wildman–Crippen LogP) is 3.57. The molecule has 1 aromatic carbocycles. The van der Waals surface area contributed by atoms with Crippen molar-refractivity contribution in [2.75, 3.05) is 5.32 Å². The highest BCUT2D eigenvalue weighted by Crippen LogP contribution is 2.32. The Kier molecular flexibility index (Phi) is 3.15. The average molecular weight is 305 g/mol. The van der Waals surface area contributed by atoms with E-state index in [9.17, 15) is 0 Å². The smallest absolute Gasteiger partial charge is 0.230 e. The zero-order chi connectivity index (χ0) is 16.0. The molecule has 0 radical (unpaired) electrons. The van der Waals surface area contributed by atoms with Gasteiger partial charge < -0.3 is 5.32 Å². The van der Waals surface area contributed by atoms with Crippen LogP contribution in [0.5, 0.6) is 0 Å². The number of aliphatic imine (C=N–C) groups is 1. The maximum absolute atomic E-state index is 4.59. The number of anilines is 1. The molecule has 1 aromatic heterocycles. The number of benzene rings is 1. The Morgan fingerprint density at radius 1 is 1.17 bits per heavy atom. The van der Waals surface area contributed by atoms with Crippen LogP contribution in [0.4, 0.5) is 5.95 Å². The Bertz CT molecular complexity index is 892. The summed E-state index contributed by atoms with van der Waals surface area (Å²) in [5, 5.41) is 7.62. The molecule has 0 saturated carbocycles. The van der Waals surface area contributed by atoms with Gasteiger partial charge in [-0.3, -0.25) is 5.32 Å². The van der Waals surface area contributed by atoms with Gasteiger partial charge in [0, 0.05) is 11.1 Å². The van der Waals surface area contributed by atoms with Gasteiger partial charge in [-0.1, -0.05) is 18.2 Å². The number of aromatic nitrogens is 2. The van der Waals surface area contributed by atoms with Crippen LogP contribution in [0.25, 0.3) is 10.9 Å². The topological polar surface area (TPSA) is 62.2 Å². The number of allylic oxidation sites excluding steroid dienone is 2. The largest absolute Gasteiger partial charge is 0.329 e. The Balaban J connectivity index is 1.65. The third-order valence-corrected chi connectivity index (χ3v) is 4.35. The summed E-state index contributed by atoms with van der Waals surface area (Å²) in [6.45, 7) is 8.13. The van der Waals surface area contributed by atoms with Crippen molar-refractivity contribution < 1.29 is 0 Å². The van der Waals surface area contributed by atoms with Crippen LogP contribution in [0, 0.1) is 13.8 Å². The molecule has 1 aliphatic heterocycles. The maximum Gasteiger partial charge on any atom is 0.230 e. The van der Waals surface area contributed by atoms with Crippen LogP contribution in [-0.2, 0) is 0 Å². The van der Waals surface area contributed by atoms with Crippen molar-refractivity contribution in [2.24, 2.45) is 4.99 Å². The third kappa shape index (κ3) is 2.48. The van der Waals surface area contributed by atoms with Crippen LogP contribution >= 0.6 is 0 Å². The molecule has 5 heteroatoms. The molecule has 0 fully saturated rings. The van der Waals surface area contributed by atoms with Gasteiger partial charge >= 0.3 is 0 Å². The first kappa shape index (κ1) is 13.9. The quantitative estimate of drug-likeness (QED) is 0.845. The SMILES string of the molecule is C=C1N=C(Nc2nc(C)c3cc(C)ccc3n2)NC2=C1CCC2. The van der Waals surface area contributed by atoms with Gasteiger partial charge in [0.1, 0.15) is 0 Å². The maximum atomic E-state index is 4.59. The van der Waals surface area contributed by atoms with Gasteiger partial charge in [0.2, 0.25) is 11.9 Å². The lowest BCUT2D eigenvalue weighted by atomic mass is 10.1. The second-order valence-electron chi connectivity index (χ2n) is 6.12. The molecular weight excluding hydrogens is 286 g/mol. The summed E-state index contributed by atoms with van der Waals surface area (Å²) >= 11 is 0. The van der Waals surface area contributed by atoms with Crippen molar-refractivity contribution in [1.82, 2.24) is 15.3 Å². The lowest BCUT2D eigenvalue weighted by Gasteiger charge is -2.19. The number of rotatable bonds is 1. The van der Waals surface area contributed by atoms with Gasteiger partial charge in [-0.15, -0.1) is 0 Å². The Labute approximate surface area is 135 Å². The summed E-state index contributed by atoms with van der Waals surface area (Å²) < 4.78 is 0. The van der Waals surface area contributed by atoms with Crippen LogP contribution in [0.1, 0.15) is 30.5 Å². The number of hydrogen-bond acceptors (Lipinski definition) is 5. The monoisotopic (exact) mass is 305 g/mol. The van der Waals surface area contributed by atoms with E-state index < -0.39 is 0 Å². The average Bonchev–Trinajstić information content (AvgIpc) is 2.97. The summed E-state index contributed by atoms with van der Waals surface area (Å²) in [6, 6.07) is 6.20. The first-order chi connectivity index (χ1) is 11.1. The number of aryl methyl sites for hydroxylation is 2. The van der Waals surface area contributed by atoms with Crippen molar-refractivity contribution >= 4 is 22.8 Å². The minimum atomic E-state index is 0.556. The van der Waals surface area contributed by atoms with Crippen molar-refractivity contribution in [3.63, 3.8) is 0 Å². The zero-order valence-electron chi connectivity index (χ0n) is 13.4. The predicted molar refractivity (Wildman–Crippen MR) is 93.2 cm³/mol. The molecule has 0 bridgehead atoms. The molecule has 2 N–H and O–H groups in total. The van der Waals surface area contributed by atoms with Crippen molar-refractivity contribution in [3.05, 3.63) is 53.0 Å². The molecule has 1 aliphatic carbocycles. The fourth-order valence-electron chi connectivity index (χ4n) is 3.19. The lowest BCUT2D eigenvalue weighted by molar-refractivity contribution is 0.876. The number of hydrogen-bond donors (Lipinski definition) is 2. The summed E-state index contributed by atoms with van der Waals surface area (Å²) in [5.74, 6) is 1.21. The Hall–Kier alpha value is -2.69. The highest BCUT2D eigenvalue weighted by Gasteiger charge is 2.22. The number of nitrogens with zero attached hydrogens (tertiary/aromatic N) is 3.